The lowest BCUT2D eigenvalue weighted by molar-refractivity contribution is 0.102. The molecule has 2 rings (SSSR count). The summed E-state index contributed by atoms with van der Waals surface area (Å²) in [6, 6.07) is 9.89. The van der Waals surface area contributed by atoms with Crippen molar-refractivity contribution in [2.45, 2.75) is 0 Å². The first-order chi connectivity index (χ1) is 8.97. The number of halogens is 3. The molecule has 0 aliphatic carbocycles. The van der Waals surface area contributed by atoms with Gasteiger partial charge in [0.05, 0.1) is 16.3 Å². The Kier molecular flexibility index (Phi) is 4.34. The molecule has 0 fully saturated rings. The second kappa shape index (κ2) is 5.82. The monoisotopic (exact) mass is 358 g/mol. The fraction of sp³-hybridized carbons (Fsp3) is 0. The van der Waals surface area contributed by atoms with Gasteiger partial charge in [-0.1, -0.05) is 39.1 Å². The zero-order valence-electron chi connectivity index (χ0n) is 9.58. The Morgan fingerprint density at radius 3 is 2.53 bits per heavy atom. The van der Waals surface area contributed by atoms with Crippen molar-refractivity contribution in [1.82, 2.24) is 0 Å². The topological polar surface area (TPSA) is 55.1 Å². The van der Waals surface area contributed by atoms with Gasteiger partial charge < -0.3 is 11.1 Å². The number of benzene rings is 2. The summed E-state index contributed by atoms with van der Waals surface area (Å²) in [4.78, 5) is 12.1. The van der Waals surface area contributed by atoms with Crippen LogP contribution in [0, 0.1) is 0 Å². The van der Waals surface area contributed by atoms with E-state index < -0.39 is 0 Å². The minimum atomic E-state index is -0.335. The van der Waals surface area contributed by atoms with Crippen molar-refractivity contribution >= 4 is 56.4 Å². The third-order valence-corrected chi connectivity index (χ3v) is 3.48. The lowest BCUT2D eigenvalue weighted by atomic mass is 10.1. The van der Waals surface area contributed by atoms with Crippen LogP contribution in [-0.4, -0.2) is 5.91 Å². The standard InChI is InChI=1S/C13H9BrCl2N2O/c14-7-1-4-12(10(16)5-7)18-13(19)9-3-2-8(15)6-11(9)17/h1-6H,17H2,(H,18,19). The van der Waals surface area contributed by atoms with Gasteiger partial charge in [-0.15, -0.1) is 0 Å². The van der Waals surface area contributed by atoms with E-state index in [1.165, 1.54) is 6.07 Å². The smallest absolute Gasteiger partial charge is 0.257 e. The molecule has 2 aromatic carbocycles. The number of nitrogen functional groups attached to an aromatic ring is 1. The molecule has 0 heterocycles. The van der Waals surface area contributed by atoms with Crippen LogP contribution in [0.25, 0.3) is 0 Å². The number of hydrogen-bond donors (Lipinski definition) is 2. The van der Waals surface area contributed by atoms with Crippen LogP contribution in [0.1, 0.15) is 10.4 Å². The molecule has 0 radical (unpaired) electrons. The highest BCUT2D eigenvalue weighted by Crippen LogP contribution is 2.27. The summed E-state index contributed by atoms with van der Waals surface area (Å²) in [6.07, 6.45) is 0. The van der Waals surface area contributed by atoms with Crippen molar-refractivity contribution in [3.63, 3.8) is 0 Å². The lowest BCUT2D eigenvalue weighted by Crippen LogP contribution is -2.14. The largest absolute Gasteiger partial charge is 0.398 e. The van der Waals surface area contributed by atoms with Crippen LogP contribution in [0.3, 0.4) is 0 Å². The molecule has 6 heteroatoms. The molecule has 0 unspecified atom stereocenters. The van der Waals surface area contributed by atoms with Crippen LogP contribution >= 0.6 is 39.1 Å². The van der Waals surface area contributed by atoms with Crippen molar-refractivity contribution in [3.05, 3.63) is 56.5 Å². The molecule has 3 N–H and O–H groups in total. The molecule has 0 aromatic heterocycles. The summed E-state index contributed by atoms with van der Waals surface area (Å²) in [5.41, 5.74) is 6.94. The van der Waals surface area contributed by atoms with Crippen LogP contribution in [0.5, 0.6) is 0 Å². The molecule has 0 spiro atoms. The number of rotatable bonds is 2. The van der Waals surface area contributed by atoms with Gasteiger partial charge in [0, 0.05) is 15.2 Å². The third-order valence-electron chi connectivity index (χ3n) is 2.44. The molecule has 0 bridgehead atoms. The van der Waals surface area contributed by atoms with Gasteiger partial charge in [0.1, 0.15) is 0 Å². The molecule has 2 aromatic rings. The summed E-state index contributed by atoms with van der Waals surface area (Å²) in [7, 11) is 0. The maximum Gasteiger partial charge on any atom is 0.257 e. The summed E-state index contributed by atoms with van der Waals surface area (Å²) >= 11 is 15.1. The van der Waals surface area contributed by atoms with E-state index in [2.05, 4.69) is 21.2 Å². The second-order valence-electron chi connectivity index (χ2n) is 3.81. The fourth-order valence-electron chi connectivity index (χ4n) is 1.52. The van der Waals surface area contributed by atoms with Gasteiger partial charge in [-0.25, -0.2) is 0 Å². The number of carbonyl (C=O) groups is 1. The lowest BCUT2D eigenvalue weighted by Gasteiger charge is -2.09. The van der Waals surface area contributed by atoms with Gasteiger partial charge in [-0.2, -0.15) is 0 Å². The number of nitrogens with two attached hydrogens (primary N) is 1. The van der Waals surface area contributed by atoms with Crippen molar-refractivity contribution in [2.75, 3.05) is 11.1 Å². The first kappa shape index (κ1) is 14.2. The van der Waals surface area contributed by atoms with E-state index in [1.807, 2.05) is 0 Å². The maximum absolute atomic E-state index is 12.1. The van der Waals surface area contributed by atoms with Crippen LogP contribution in [0.4, 0.5) is 11.4 Å². The molecule has 0 atom stereocenters. The quantitative estimate of drug-likeness (QED) is 0.770. The van der Waals surface area contributed by atoms with E-state index in [0.717, 1.165) is 4.47 Å². The number of hydrogen-bond acceptors (Lipinski definition) is 2. The number of carbonyl (C=O) groups excluding carboxylic acids is 1. The van der Waals surface area contributed by atoms with Gasteiger partial charge >= 0.3 is 0 Å². The number of nitrogens with one attached hydrogen (secondary N) is 1. The number of amides is 1. The summed E-state index contributed by atoms with van der Waals surface area (Å²) in [5.74, 6) is -0.335. The van der Waals surface area contributed by atoms with Gasteiger partial charge in [0.2, 0.25) is 0 Å². The van der Waals surface area contributed by atoms with E-state index >= 15 is 0 Å². The van der Waals surface area contributed by atoms with E-state index in [1.54, 1.807) is 30.3 Å². The Bertz CT molecular complexity index is 647. The predicted molar refractivity (Wildman–Crippen MR) is 83.0 cm³/mol. The Labute approximate surface area is 128 Å². The minimum absolute atomic E-state index is 0.318. The summed E-state index contributed by atoms with van der Waals surface area (Å²) in [5, 5.41) is 3.62. The van der Waals surface area contributed by atoms with Crippen LogP contribution < -0.4 is 11.1 Å². The van der Waals surface area contributed by atoms with Gasteiger partial charge in [0.15, 0.2) is 0 Å². The first-order valence-corrected chi connectivity index (χ1v) is 6.83. The van der Waals surface area contributed by atoms with Crippen molar-refractivity contribution in [2.24, 2.45) is 0 Å². The minimum Gasteiger partial charge on any atom is -0.398 e. The molecule has 0 aliphatic rings. The summed E-state index contributed by atoms with van der Waals surface area (Å²) < 4.78 is 0.835. The summed E-state index contributed by atoms with van der Waals surface area (Å²) in [6.45, 7) is 0. The molecule has 3 nitrogen and oxygen atoms in total. The molecule has 1 amide bonds. The fourth-order valence-corrected chi connectivity index (χ4v) is 2.42. The van der Waals surface area contributed by atoms with E-state index in [9.17, 15) is 4.79 Å². The second-order valence-corrected chi connectivity index (χ2v) is 5.57. The van der Waals surface area contributed by atoms with Gasteiger partial charge in [-0.05, 0) is 36.4 Å². The molecular formula is C13H9BrCl2N2O. The van der Waals surface area contributed by atoms with Gasteiger partial charge in [0.25, 0.3) is 5.91 Å². The highest BCUT2D eigenvalue weighted by Gasteiger charge is 2.12. The van der Waals surface area contributed by atoms with Crippen molar-refractivity contribution in [3.8, 4) is 0 Å². The average Bonchev–Trinajstić information content (AvgIpc) is 2.32. The Morgan fingerprint density at radius 2 is 1.89 bits per heavy atom. The van der Waals surface area contributed by atoms with E-state index in [0.29, 0.717) is 27.0 Å². The highest BCUT2D eigenvalue weighted by molar-refractivity contribution is 9.10. The third kappa shape index (κ3) is 3.41. The van der Waals surface area contributed by atoms with Crippen LogP contribution in [0.2, 0.25) is 10.0 Å². The molecule has 0 aliphatic heterocycles. The molecule has 98 valence electrons. The molecule has 19 heavy (non-hydrogen) atoms. The van der Waals surface area contributed by atoms with Crippen LogP contribution in [-0.2, 0) is 0 Å². The zero-order chi connectivity index (χ0) is 14.0. The Hall–Kier alpha value is -1.23. The van der Waals surface area contributed by atoms with Crippen molar-refractivity contribution in [1.29, 1.82) is 0 Å². The highest BCUT2D eigenvalue weighted by atomic mass is 79.9. The van der Waals surface area contributed by atoms with E-state index in [4.69, 9.17) is 28.9 Å². The predicted octanol–water partition coefficient (Wildman–Crippen LogP) is 4.59. The molecule has 0 saturated heterocycles. The Balaban J connectivity index is 2.25. The zero-order valence-corrected chi connectivity index (χ0v) is 12.7. The van der Waals surface area contributed by atoms with Crippen LogP contribution in [0.15, 0.2) is 40.9 Å². The maximum atomic E-state index is 12.1. The SMILES string of the molecule is Nc1cc(Cl)ccc1C(=O)Nc1ccc(Br)cc1Cl. The number of anilines is 2. The average molecular weight is 360 g/mol. The van der Waals surface area contributed by atoms with Gasteiger partial charge in [-0.3, -0.25) is 4.79 Å². The van der Waals surface area contributed by atoms with Crippen molar-refractivity contribution < 1.29 is 4.79 Å². The first-order valence-electron chi connectivity index (χ1n) is 5.29. The molecule has 0 saturated carbocycles. The van der Waals surface area contributed by atoms with E-state index in [-0.39, 0.29) is 5.91 Å². The normalized spacial score (nSPS) is 10.3. The Morgan fingerprint density at radius 1 is 1.16 bits per heavy atom. The molecular weight excluding hydrogens is 351 g/mol.